The lowest BCUT2D eigenvalue weighted by atomic mass is 10.1. The summed E-state index contributed by atoms with van der Waals surface area (Å²) in [5, 5.41) is 11.9. The number of rotatable bonds is 3. The third-order valence-electron chi connectivity index (χ3n) is 2.64. The van der Waals surface area contributed by atoms with E-state index in [2.05, 4.69) is 10.6 Å². The predicted molar refractivity (Wildman–Crippen MR) is 76.5 cm³/mol. The average Bonchev–Trinajstić information content (AvgIpc) is 2.43. The lowest BCUT2D eigenvalue weighted by Gasteiger charge is -2.09. The molecule has 0 aliphatic carbocycles. The molecule has 2 aromatic carbocycles. The second kappa shape index (κ2) is 6.00. The fourth-order valence-electron chi connectivity index (χ4n) is 1.66. The van der Waals surface area contributed by atoms with E-state index >= 15 is 0 Å². The molecule has 2 aromatic rings. The van der Waals surface area contributed by atoms with Crippen molar-refractivity contribution in [3.63, 3.8) is 0 Å². The zero-order chi connectivity index (χ0) is 15.4. The van der Waals surface area contributed by atoms with Crippen molar-refractivity contribution < 1.29 is 13.6 Å². The molecule has 0 saturated carbocycles. The molecule has 0 radical (unpaired) electrons. The maximum Gasteiger partial charge on any atom is 0.323 e. The molecular weight excluding hydrogens is 278 g/mol. The van der Waals surface area contributed by atoms with E-state index in [-0.39, 0.29) is 16.9 Å². The van der Waals surface area contributed by atoms with Crippen molar-refractivity contribution in [3.05, 3.63) is 59.7 Å². The molecule has 5 nitrogen and oxygen atoms in total. The Morgan fingerprint density at radius 2 is 1.76 bits per heavy atom. The second-order valence-electron chi connectivity index (χ2n) is 4.17. The zero-order valence-electron chi connectivity index (χ0n) is 10.8. The summed E-state index contributed by atoms with van der Waals surface area (Å²) < 4.78 is 26.7. The summed E-state index contributed by atoms with van der Waals surface area (Å²) in [6.07, 6.45) is 0. The van der Waals surface area contributed by atoms with Crippen LogP contribution in [0.5, 0.6) is 0 Å². The molecule has 5 N–H and O–H groups in total. The van der Waals surface area contributed by atoms with Crippen molar-refractivity contribution >= 4 is 23.2 Å². The molecule has 0 fully saturated rings. The van der Waals surface area contributed by atoms with Gasteiger partial charge in [-0.15, -0.1) is 0 Å². The van der Waals surface area contributed by atoms with Gasteiger partial charge >= 0.3 is 6.03 Å². The monoisotopic (exact) mass is 290 g/mol. The van der Waals surface area contributed by atoms with Gasteiger partial charge in [0.25, 0.3) is 0 Å². The van der Waals surface area contributed by atoms with Crippen LogP contribution in [0.15, 0.2) is 42.5 Å². The first-order chi connectivity index (χ1) is 9.97. The lowest BCUT2D eigenvalue weighted by molar-refractivity contribution is 0.262. The number of amides is 2. The maximum atomic E-state index is 13.4. The molecule has 0 heterocycles. The smallest absolute Gasteiger partial charge is 0.323 e. The van der Waals surface area contributed by atoms with Crippen LogP contribution in [0.1, 0.15) is 5.56 Å². The number of para-hydroxylation sites is 1. The topological polar surface area (TPSA) is 91.0 Å². The van der Waals surface area contributed by atoms with Gasteiger partial charge in [-0.3, -0.25) is 5.41 Å². The summed E-state index contributed by atoms with van der Waals surface area (Å²) in [6.45, 7) is 0. The van der Waals surface area contributed by atoms with Gasteiger partial charge in [-0.1, -0.05) is 12.1 Å². The quantitative estimate of drug-likeness (QED) is 0.517. The van der Waals surface area contributed by atoms with Crippen LogP contribution in [-0.2, 0) is 0 Å². The van der Waals surface area contributed by atoms with E-state index in [0.29, 0.717) is 0 Å². The maximum absolute atomic E-state index is 13.4. The van der Waals surface area contributed by atoms with E-state index in [4.69, 9.17) is 11.1 Å². The first-order valence-electron chi connectivity index (χ1n) is 5.94. The highest BCUT2D eigenvalue weighted by molar-refractivity contribution is 6.01. The molecule has 0 unspecified atom stereocenters. The van der Waals surface area contributed by atoms with E-state index < -0.39 is 23.5 Å². The molecule has 108 valence electrons. The molecule has 7 heteroatoms. The molecule has 0 atom stereocenters. The number of halogens is 2. The molecule has 21 heavy (non-hydrogen) atoms. The van der Waals surface area contributed by atoms with Gasteiger partial charge in [0.05, 0.1) is 11.3 Å². The number of hydrogen-bond acceptors (Lipinski definition) is 2. The van der Waals surface area contributed by atoms with Crippen molar-refractivity contribution in [3.8, 4) is 0 Å². The van der Waals surface area contributed by atoms with Crippen molar-refractivity contribution in [2.45, 2.75) is 0 Å². The Bertz CT molecular complexity index is 703. The molecule has 2 amide bonds. The van der Waals surface area contributed by atoms with Crippen LogP contribution in [0.4, 0.5) is 25.0 Å². The summed E-state index contributed by atoms with van der Waals surface area (Å²) in [4.78, 5) is 11.7. The summed E-state index contributed by atoms with van der Waals surface area (Å²) in [7, 11) is 0. The Balaban J connectivity index is 2.12. The van der Waals surface area contributed by atoms with Crippen molar-refractivity contribution in [1.29, 1.82) is 5.41 Å². The number of nitrogens with two attached hydrogens (primary N) is 1. The summed E-state index contributed by atoms with van der Waals surface area (Å²) in [5.41, 5.74) is 5.35. The third kappa shape index (κ3) is 3.53. The van der Waals surface area contributed by atoms with Crippen LogP contribution in [0.2, 0.25) is 0 Å². The minimum absolute atomic E-state index is 0.0175. The van der Waals surface area contributed by atoms with Crippen LogP contribution >= 0.6 is 0 Å². The molecule has 0 spiro atoms. The van der Waals surface area contributed by atoms with Gasteiger partial charge in [0.15, 0.2) is 0 Å². The Morgan fingerprint density at radius 1 is 1.05 bits per heavy atom. The Kier molecular flexibility index (Phi) is 4.13. The van der Waals surface area contributed by atoms with Crippen LogP contribution < -0.4 is 16.4 Å². The Morgan fingerprint density at radius 3 is 2.43 bits per heavy atom. The second-order valence-corrected chi connectivity index (χ2v) is 4.17. The van der Waals surface area contributed by atoms with Gasteiger partial charge < -0.3 is 16.4 Å². The molecule has 0 aliphatic heterocycles. The van der Waals surface area contributed by atoms with Gasteiger partial charge in [-0.25, -0.2) is 13.6 Å². The number of urea groups is 1. The van der Waals surface area contributed by atoms with Crippen LogP contribution in [0.25, 0.3) is 0 Å². The minimum Gasteiger partial charge on any atom is -0.384 e. The van der Waals surface area contributed by atoms with Gasteiger partial charge in [0.2, 0.25) is 0 Å². The van der Waals surface area contributed by atoms with Gasteiger partial charge in [0.1, 0.15) is 17.5 Å². The lowest BCUT2D eigenvalue weighted by Crippen LogP contribution is -2.21. The largest absolute Gasteiger partial charge is 0.384 e. The zero-order valence-corrected chi connectivity index (χ0v) is 10.8. The summed E-state index contributed by atoms with van der Waals surface area (Å²) in [5.74, 6) is -1.69. The van der Waals surface area contributed by atoms with Crippen molar-refractivity contribution in [1.82, 2.24) is 0 Å². The number of anilines is 2. The molecular formula is C14H12F2N4O. The number of nitrogen functional groups attached to an aromatic ring is 1. The fraction of sp³-hybridized carbons (Fsp3) is 0. The molecule has 0 bridgehead atoms. The van der Waals surface area contributed by atoms with Crippen molar-refractivity contribution in [2.75, 3.05) is 10.6 Å². The summed E-state index contributed by atoms with van der Waals surface area (Å²) >= 11 is 0. The number of benzene rings is 2. The van der Waals surface area contributed by atoms with Crippen LogP contribution in [0.3, 0.4) is 0 Å². The third-order valence-corrected chi connectivity index (χ3v) is 2.64. The minimum atomic E-state index is -0.693. The van der Waals surface area contributed by atoms with E-state index in [1.807, 2.05) is 0 Å². The molecule has 2 rings (SSSR count). The molecule has 0 aromatic heterocycles. The Labute approximate surface area is 119 Å². The highest BCUT2D eigenvalue weighted by Gasteiger charge is 2.10. The van der Waals surface area contributed by atoms with E-state index in [9.17, 15) is 13.6 Å². The number of hydrogen-bond donors (Lipinski definition) is 4. The number of amidine groups is 1. The van der Waals surface area contributed by atoms with Gasteiger partial charge in [0, 0.05) is 5.69 Å². The van der Waals surface area contributed by atoms with E-state index in [1.54, 1.807) is 6.07 Å². The standard InChI is InChI=1S/C14H12F2N4O/c15-10-6-5-8(7-9(10)13(17)18)19-14(21)20-12-4-2-1-3-11(12)16/h1-7H,(H3,17,18)(H2,19,20,21). The first-order valence-corrected chi connectivity index (χ1v) is 5.94. The number of nitrogens with one attached hydrogen (secondary N) is 3. The Hall–Kier alpha value is -2.96. The SMILES string of the molecule is N=C(N)c1cc(NC(=O)Nc2ccccc2F)ccc1F. The van der Waals surface area contributed by atoms with Gasteiger partial charge in [-0.2, -0.15) is 0 Å². The van der Waals surface area contributed by atoms with Crippen LogP contribution in [0, 0.1) is 17.0 Å². The average molecular weight is 290 g/mol. The molecule has 0 saturated heterocycles. The first kappa shape index (κ1) is 14.4. The van der Waals surface area contributed by atoms with E-state index in [0.717, 1.165) is 6.07 Å². The fourth-order valence-corrected chi connectivity index (χ4v) is 1.66. The number of carbonyl (C=O) groups excluding carboxylic acids is 1. The van der Waals surface area contributed by atoms with Gasteiger partial charge in [-0.05, 0) is 30.3 Å². The normalized spacial score (nSPS) is 10.0. The van der Waals surface area contributed by atoms with Crippen molar-refractivity contribution in [2.24, 2.45) is 5.73 Å². The van der Waals surface area contributed by atoms with Crippen LogP contribution in [-0.4, -0.2) is 11.9 Å². The highest BCUT2D eigenvalue weighted by atomic mass is 19.1. The predicted octanol–water partition coefficient (Wildman–Crippen LogP) is 2.89. The summed E-state index contributed by atoms with van der Waals surface area (Å²) in [6, 6.07) is 8.60. The molecule has 0 aliphatic rings. The van der Waals surface area contributed by atoms with E-state index in [1.165, 1.54) is 30.3 Å². The highest BCUT2D eigenvalue weighted by Crippen LogP contribution is 2.16. The number of carbonyl (C=O) groups is 1.